The molecule has 5 aliphatic rings. The first-order chi connectivity index (χ1) is 17.8. The van der Waals surface area contributed by atoms with Crippen molar-refractivity contribution in [2.75, 3.05) is 0 Å². The van der Waals surface area contributed by atoms with Crippen molar-refractivity contribution in [3.8, 4) is 0 Å². The average molecular weight is 556 g/mol. The van der Waals surface area contributed by atoms with Gasteiger partial charge in [-0.05, 0) is 176 Å². The van der Waals surface area contributed by atoms with E-state index in [2.05, 4.69) is 0 Å². The van der Waals surface area contributed by atoms with Crippen LogP contribution in [-0.2, 0) is 21.2 Å². The minimum Gasteiger partial charge on any atom is -0.772 e. The van der Waals surface area contributed by atoms with E-state index in [1.165, 1.54) is 77.0 Å². The molecule has 0 aromatic heterocycles. The molecule has 1 unspecified atom stereocenters. The molecule has 0 saturated heterocycles. The summed E-state index contributed by atoms with van der Waals surface area (Å²) in [6, 6.07) is 0. The Morgan fingerprint density at radius 3 is 0.892 bits per heavy atom. The molecule has 5 fully saturated rings. The molecular weight excluding hydrogens is 504 g/mol. The Labute approximate surface area is 228 Å². The van der Waals surface area contributed by atoms with Crippen LogP contribution in [-0.4, -0.2) is 32.2 Å². The molecule has 1 atom stereocenters. The second-order valence-corrected chi connectivity index (χ2v) is 16.8. The van der Waals surface area contributed by atoms with E-state index in [4.69, 9.17) is 0 Å². The van der Waals surface area contributed by atoms with Crippen LogP contribution < -0.4 is 0 Å². The molecule has 5 nitrogen and oxygen atoms in total. The van der Waals surface area contributed by atoms with Gasteiger partial charge < -0.3 is 4.55 Å². The second kappa shape index (κ2) is 12.7. The van der Waals surface area contributed by atoms with Crippen LogP contribution in [0, 0.1) is 47.3 Å². The Balaban J connectivity index is 0.983. The zero-order chi connectivity index (χ0) is 26.0. The number of rotatable bonds is 6. The average Bonchev–Trinajstić information content (AvgIpc) is 2.93. The highest BCUT2D eigenvalue weighted by Crippen LogP contribution is 2.49. The van der Waals surface area contributed by atoms with E-state index in [0.717, 1.165) is 80.0 Å². The van der Waals surface area contributed by atoms with Gasteiger partial charge in [-0.2, -0.15) is 8.42 Å². The molecule has 214 valence electrons. The topological polar surface area (TPSA) is 94.5 Å². The molecule has 5 saturated carbocycles. The van der Waals surface area contributed by atoms with E-state index >= 15 is 0 Å². The monoisotopic (exact) mass is 555 g/mol. The summed E-state index contributed by atoms with van der Waals surface area (Å²) in [7, 11) is -3.85. The second-order valence-electron chi connectivity index (χ2n) is 13.9. The van der Waals surface area contributed by atoms with Crippen molar-refractivity contribution in [1.29, 1.82) is 0 Å². The molecule has 0 aromatic rings. The lowest BCUT2D eigenvalue weighted by Crippen LogP contribution is -2.33. The predicted octanol–water partition coefficient (Wildman–Crippen LogP) is 7.29. The molecule has 1 N–H and O–H groups in total. The van der Waals surface area contributed by atoms with Crippen molar-refractivity contribution in [3.63, 3.8) is 0 Å². The maximum absolute atomic E-state index is 11.5. The van der Waals surface area contributed by atoms with Crippen LogP contribution in [0.2, 0.25) is 0 Å². The molecule has 5 aliphatic carbocycles. The van der Waals surface area contributed by atoms with Crippen molar-refractivity contribution in [2.45, 2.75) is 139 Å². The SMILES string of the molecule is O=S([O-])C1CCC(C2CCC(C3CCC(C4CCC(C5CCC(S(=O)(=O)O)CC5)CC4)CC3)CC2)CC1. The minimum absolute atomic E-state index is 0.0779. The van der Waals surface area contributed by atoms with E-state index in [-0.39, 0.29) is 5.25 Å². The zero-order valence-corrected chi connectivity index (χ0v) is 24.4. The summed E-state index contributed by atoms with van der Waals surface area (Å²) < 4.78 is 54.8. The molecule has 5 rings (SSSR count). The highest BCUT2D eigenvalue weighted by molar-refractivity contribution is 7.86. The normalized spacial score (nSPS) is 45.2. The Hall–Kier alpha value is 0.0200. The summed E-state index contributed by atoms with van der Waals surface area (Å²) in [5.74, 6) is 6.84. The van der Waals surface area contributed by atoms with E-state index in [9.17, 15) is 21.7 Å². The van der Waals surface area contributed by atoms with Gasteiger partial charge in [0.15, 0.2) is 0 Å². The zero-order valence-electron chi connectivity index (χ0n) is 22.8. The summed E-state index contributed by atoms with van der Waals surface area (Å²) in [5.41, 5.74) is 0. The van der Waals surface area contributed by atoms with Gasteiger partial charge in [0.25, 0.3) is 10.1 Å². The van der Waals surface area contributed by atoms with Gasteiger partial charge in [-0.3, -0.25) is 8.76 Å². The lowest BCUT2D eigenvalue weighted by molar-refractivity contribution is 0.0810. The van der Waals surface area contributed by atoms with E-state index in [1.807, 2.05) is 0 Å². The summed E-state index contributed by atoms with van der Waals surface area (Å²) in [4.78, 5) is 0. The van der Waals surface area contributed by atoms with Gasteiger partial charge in [-0.25, -0.2) is 0 Å². The molecule has 0 heterocycles. The maximum atomic E-state index is 11.5. The molecule has 0 amide bonds. The maximum Gasteiger partial charge on any atom is 0.267 e. The lowest BCUT2D eigenvalue weighted by Gasteiger charge is -2.44. The third-order valence-electron chi connectivity index (χ3n) is 12.2. The van der Waals surface area contributed by atoms with Gasteiger partial charge in [0.1, 0.15) is 0 Å². The largest absolute Gasteiger partial charge is 0.772 e. The first-order valence-electron chi connectivity index (χ1n) is 15.8. The Morgan fingerprint density at radius 1 is 0.459 bits per heavy atom. The predicted molar refractivity (Wildman–Crippen MR) is 148 cm³/mol. The number of hydrogen-bond acceptors (Lipinski definition) is 4. The lowest BCUT2D eigenvalue weighted by atomic mass is 9.62. The molecular formula is C30H51O5S2-. The first kappa shape index (κ1) is 28.5. The standard InChI is InChI=1S/C30H52O5S2/c31-36(32)29-17-13-27(14-18-29)25-9-5-23(6-10-25)21-1-3-22(4-2-21)24-7-11-26(12-8-24)28-15-19-30(20-16-28)37(33,34)35/h21-30H,1-20H2,(H,31,32)(H,33,34,35)/p-1. The van der Waals surface area contributed by atoms with Gasteiger partial charge in [-0.1, -0.05) is 11.1 Å². The Kier molecular flexibility index (Phi) is 9.78. The minimum atomic E-state index is -3.85. The van der Waals surface area contributed by atoms with Crippen LogP contribution in [0.25, 0.3) is 0 Å². The van der Waals surface area contributed by atoms with Crippen LogP contribution in [0.4, 0.5) is 0 Å². The van der Waals surface area contributed by atoms with Crippen molar-refractivity contribution in [1.82, 2.24) is 0 Å². The summed E-state index contributed by atoms with van der Waals surface area (Å²) in [5, 5.41) is -0.589. The van der Waals surface area contributed by atoms with E-state index < -0.39 is 26.4 Å². The van der Waals surface area contributed by atoms with Crippen LogP contribution >= 0.6 is 0 Å². The smallest absolute Gasteiger partial charge is 0.267 e. The Morgan fingerprint density at radius 2 is 0.676 bits per heavy atom. The van der Waals surface area contributed by atoms with Crippen molar-refractivity contribution in [3.05, 3.63) is 0 Å². The van der Waals surface area contributed by atoms with Gasteiger partial charge >= 0.3 is 0 Å². The van der Waals surface area contributed by atoms with E-state index in [1.54, 1.807) is 0 Å². The molecule has 7 heteroatoms. The fourth-order valence-electron chi connectivity index (χ4n) is 9.87. The third kappa shape index (κ3) is 7.21. The van der Waals surface area contributed by atoms with Crippen LogP contribution in [0.3, 0.4) is 0 Å². The first-order valence-corrected chi connectivity index (χ1v) is 18.5. The van der Waals surface area contributed by atoms with Crippen LogP contribution in [0.1, 0.15) is 128 Å². The fourth-order valence-corrected chi connectivity index (χ4v) is 11.4. The van der Waals surface area contributed by atoms with Gasteiger partial charge in [0.05, 0.1) is 5.25 Å². The molecule has 0 aromatic carbocycles. The van der Waals surface area contributed by atoms with Crippen molar-refractivity contribution in [2.24, 2.45) is 47.3 Å². The molecule has 0 bridgehead atoms. The molecule has 0 aliphatic heterocycles. The Bertz CT molecular complexity index is 835. The third-order valence-corrected chi connectivity index (χ3v) is 14.6. The quantitative estimate of drug-likeness (QED) is 0.274. The molecule has 0 radical (unpaired) electrons. The summed E-state index contributed by atoms with van der Waals surface area (Å²) in [6.45, 7) is 0. The number of hydrogen-bond donors (Lipinski definition) is 1. The molecule has 37 heavy (non-hydrogen) atoms. The highest BCUT2D eigenvalue weighted by atomic mass is 32.2. The van der Waals surface area contributed by atoms with Gasteiger partial charge in [-0.15, -0.1) is 0 Å². The molecule has 0 spiro atoms. The van der Waals surface area contributed by atoms with E-state index in [0.29, 0.717) is 18.8 Å². The summed E-state index contributed by atoms with van der Waals surface area (Å²) in [6.07, 6.45) is 24.1. The van der Waals surface area contributed by atoms with Crippen molar-refractivity contribution >= 4 is 21.2 Å². The van der Waals surface area contributed by atoms with Crippen molar-refractivity contribution < 1.29 is 21.7 Å². The summed E-state index contributed by atoms with van der Waals surface area (Å²) >= 11 is -1.87. The fraction of sp³-hybridized carbons (Fsp3) is 1.00. The van der Waals surface area contributed by atoms with Crippen LogP contribution in [0.15, 0.2) is 0 Å². The van der Waals surface area contributed by atoms with Gasteiger partial charge in [0, 0.05) is 5.25 Å². The highest BCUT2D eigenvalue weighted by Gasteiger charge is 2.39. The van der Waals surface area contributed by atoms with Crippen LogP contribution in [0.5, 0.6) is 0 Å². The van der Waals surface area contributed by atoms with Gasteiger partial charge in [0.2, 0.25) is 0 Å².